The van der Waals surface area contributed by atoms with Gasteiger partial charge in [-0.2, -0.15) is 0 Å². The number of nitrogens with one attached hydrogen (secondary N) is 1. The first kappa shape index (κ1) is 10.6. The summed E-state index contributed by atoms with van der Waals surface area (Å²) < 4.78 is 0. The number of fused-ring (bicyclic) bond motifs is 1. The van der Waals surface area contributed by atoms with Crippen LogP contribution in [0.5, 0.6) is 0 Å². The summed E-state index contributed by atoms with van der Waals surface area (Å²) in [5.74, 6) is 0.856. The van der Waals surface area contributed by atoms with Gasteiger partial charge < -0.3 is 5.32 Å². The Kier molecular flexibility index (Phi) is 2.95. The van der Waals surface area contributed by atoms with Gasteiger partial charge in [0.1, 0.15) is 0 Å². The third kappa shape index (κ3) is 2.26. The lowest BCUT2D eigenvalue weighted by Gasteiger charge is -2.13. The molecule has 2 nitrogen and oxygen atoms in total. The van der Waals surface area contributed by atoms with Crippen molar-refractivity contribution in [1.82, 2.24) is 4.98 Å². The molecule has 1 aromatic heterocycles. The molecular weight excluding hydrogens is 208 g/mol. The van der Waals surface area contributed by atoms with Crippen molar-refractivity contribution in [2.45, 2.75) is 25.7 Å². The molecule has 1 aliphatic rings. The van der Waals surface area contributed by atoms with Gasteiger partial charge in [0.05, 0.1) is 11.2 Å². The predicted octanol–water partition coefficient (Wildman–Crippen LogP) is 3.84. The van der Waals surface area contributed by atoms with Gasteiger partial charge in [-0.15, -0.1) is 0 Å². The zero-order valence-corrected chi connectivity index (χ0v) is 10.0. The first-order valence-corrected chi connectivity index (χ1v) is 6.51. The van der Waals surface area contributed by atoms with Crippen LogP contribution in [0.1, 0.15) is 25.7 Å². The minimum atomic E-state index is 0.856. The second kappa shape index (κ2) is 4.74. The molecule has 0 radical (unpaired) electrons. The van der Waals surface area contributed by atoms with Crippen molar-refractivity contribution in [3.05, 3.63) is 36.5 Å². The van der Waals surface area contributed by atoms with E-state index in [9.17, 15) is 0 Å². The first-order chi connectivity index (χ1) is 8.43. The summed E-state index contributed by atoms with van der Waals surface area (Å²) in [6.45, 7) is 1.09. The predicted molar refractivity (Wildman–Crippen MR) is 72.2 cm³/mol. The van der Waals surface area contributed by atoms with Gasteiger partial charge in [-0.3, -0.25) is 4.98 Å². The van der Waals surface area contributed by atoms with Crippen LogP contribution in [-0.4, -0.2) is 11.5 Å². The molecule has 1 aliphatic carbocycles. The average molecular weight is 226 g/mol. The van der Waals surface area contributed by atoms with Crippen LogP contribution >= 0.6 is 0 Å². The van der Waals surface area contributed by atoms with Gasteiger partial charge in [0.25, 0.3) is 0 Å². The van der Waals surface area contributed by atoms with Crippen LogP contribution in [-0.2, 0) is 0 Å². The molecule has 0 aliphatic heterocycles. The Morgan fingerprint density at radius 3 is 2.82 bits per heavy atom. The third-order valence-electron chi connectivity index (χ3n) is 3.69. The molecule has 0 amide bonds. The van der Waals surface area contributed by atoms with Crippen LogP contribution in [0.2, 0.25) is 0 Å². The zero-order valence-electron chi connectivity index (χ0n) is 10.0. The van der Waals surface area contributed by atoms with Gasteiger partial charge in [0, 0.05) is 18.1 Å². The lowest BCUT2D eigenvalue weighted by molar-refractivity contribution is 0.580. The summed E-state index contributed by atoms with van der Waals surface area (Å²) in [5, 5.41) is 4.78. The molecule has 0 spiro atoms. The lowest BCUT2D eigenvalue weighted by atomic mass is 10.1. The quantitative estimate of drug-likeness (QED) is 0.860. The molecule has 0 unspecified atom stereocenters. The van der Waals surface area contributed by atoms with Crippen LogP contribution in [0.15, 0.2) is 36.5 Å². The maximum absolute atomic E-state index is 4.46. The Labute approximate surface area is 102 Å². The number of rotatable bonds is 3. The second-order valence-electron chi connectivity index (χ2n) is 4.91. The Morgan fingerprint density at radius 2 is 1.94 bits per heavy atom. The average Bonchev–Trinajstić information content (AvgIpc) is 2.89. The number of aromatic nitrogens is 1. The van der Waals surface area contributed by atoms with E-state index < -0.39 is 0 Å². The van der Waals surface area contributed by atoms with Crippen molar-refractivity contribution in [3.63, 3.8) is 0 Å². The number of pyridine rings is 1. The number of nitrogens with zero attached hydrogens (tertiary/aromatic N) is 1. The fourth-order valence-electron chi connectivity index (χ4n) is 2.72. The first-order valence-electron chi connectivity index (χ1n) is 6.51. The molecule has 2 heteroatoms. The van der Waals surface area contributed by atoms with Crippen LogP contribution in [0.25, 0.3) is 10.9 Å². The van der Waals surface area contributed by atoms with E-state index in [1.807, 2.05) is 12.3 Å². The molecule has 0 bridgehead atoms. The largest absolute Gasteiger partial charge is 0.383 e. The minimum absolute atomic E-state index is 0.856. The Balaban J connectivity index is 1.79. The Morgan fingerprint density at radius 1 is 1.12 bits per heavy atom. The summed E-state index contributed by atoms with van der Waals surface area (Å²) in [6, 6.07) is 10.4. The summed E-state index contributed by atoms with van der Waals surface area (Å²) >= 11 is 0. The molecule has 1 aromatic carbocycles. The van der Waals surface area contributed by atoms with E-state index in [-0.39, 0.29) is 0 Å². The van der Waals surface area contributed by atoms with Gasteiger partial charge in [-0.05, 0) is 30.9 Å². The summed E-state index contributed by atoms with van der Waals surface area (Å²) in [7, 11) is 0. The van der Waals surface area contributed by atoms with E-state index in [1.165, 1.54) is 36.8 Å². The SMILES string of the molecule is c1cnc2c(NCC3CCCC3)cccc2c1. The maximum Gasteiger partial charge on any atom is 0.0933 e. The Bertz CT molecular complexity index is 496. The van der Waals surface area contributed by atoms with Crippen molar-refractivity contribution in [1.29, 1.82) is 0 Å². The third-order valence-corrected chi connectivity index (χ3v) is 3.69. The highest BCUT2D eigenvalue weighted by Gasteiger charge is 2.14. The number of hydrogen-bond acceptors (Lipinski definition) is 2. The van der Waals surface area contributed by atoms with Gasteiger partial charge in [-0.1, -0.05) is 31.0 Å². The van der Waals surface area contributed by atoms with Crippen LogP contribution in [0.3, 0.4) is 0 Å². The standard InChI is InChI=1S/C15H18N2/c1-2-6-12(5-1)11-17-14-9-3-7-13-8-4-10-16-15(13)14/h3-4,7-10,12,17H,1-2,5-6,11H2. The number of benzene rings is 1. The van der Waals surface area contributed by atoms with Crippen molar-refractivity contribution in [3.8, 4) is 0 Å². The maximum atomic E-state index is 4.46. The highest BCUT2D eigenvalue weighted by atomic mass is 14.9. The monoisotopic (exact) mass is 226 g/mol. The molecule has 88 valence electrons. The molecule has 1 fully saturated rings. The molecule has 17 heavy (non-hydrogen) atoms. The highest BCUT2D eigenvalue weighted by Crippen LogP contribution is 2.26. The second-order valence-corrected chi connectivity index (χ2v) is 4.91. The molecular formula is C15H18N2. The smallest absolute Gasteiger partial charge is 0.0933 e. The molecule has 1 N–H and O–H groups in total. The van der Waals surface area contributed by atoms with Crippen LogP contribution in [0, 0.1) is 5.92 Å². The lowest BCUT2D eigenvalue weighted by Crippen LogP contribution is -2.11. The highest BCUT2D eigenvalue weighted by molar-refractivity contribution is 5.90. The van der Waals surface area contributed by atoms with E-state index in [1.54, 1.807) is 0 Å². The normalized spacial score (nSPS) is 16.5. The van der Waals surface area contributed by atoms with E-state index in [2.05, 4.69) is 34.6 Å². The molecule has 2 aromatic rings. The zero-order chi connectivity index (χ0) is 11.5. The number of para-hydroxylation sites is 1. The van der Waals surface area contributed by atoms with Crippen molar-refractivity contribution in [2.75, 3.05) is 11.9 Å². The molecule has 1 saturated carbocycles. The summed E-state index contributed by atoms with van der Waals surface area (Å²) in [6.07, 6.45) is 7.43. The fraction of sp³-hybridized carbons (Fsp3) is 0.400. The van der Waals surface area contributed by atoms with Crippen molar-refractivity contribution in [2.24, 2.45) is 5.92 Å². The van der Waals surface area contributed by atoms with E-state index in [0.29, 0.717) is 0 Å². The van der Waals surface area contributed by atoms with Gasteiger partial charge in [0.15, 0.2) is 0 Å². The van der Waals surface area contributed by atoms with E-state index in [0.717, 1.165) is 18.0 Å². The molecule has 0 saturated heterocycles. The van der Waals surface area contributed by atoms with Gasteiger partial charge in [-0.25, -0.2) is 0 Å². The van der Waals surface area contributed by atoms with Gasteiger partial charge in [0.2, 0.25) is 0 Å². The van der Waals surface area contributed by atoms with Crippen molar-refractivity contribution >= 4 is 16.6 Å². The van der Waals surface area contributed by atoms with Crippen molar-refractivity contribution < 1.29 is 0 Å². The van der Waals surface area contributed by atoms with E-state index >= 15 is 0 Å². The van der Waals surface area contributed by atoms with Crippen LogP contribution < -0.4 is 5.32 Å². The number of hydrogen-bond donors (Lipinski definition) is 1. The number of anilines is 1. The molecule has 1 heterocycles. The van der Waals surface area contributed by atoms with Gasteiger partial charge >= 0.3 is 0 Å². The molecule has 0 atom stereocenters. The molecule has 3 rings (SSSR count). The Hall–Kier alpha value is -1.57. The summed E-state index contributed by atoms with van der Waals surface area (Å²) in [4.78, 5) is 4.46. The fourth-order valence-corrected chi connectivity index (χ4v) is 2.72. The van der Waals surface area contributed by atoms with E-state index in [4.69, 9.17) is 0 Å². The summed E-state index contributed by atoms with van der Waals surface area (Å²) in [5.41, 5.74) is 2.27. The topological polar surface area (TPSA) is 24.9 Å². The minimum Gasteiger partial charge on any atom is -0.383 e. The van der Waals surface area contributed by atoms with Crippen LogP contribution in [0.4, 0.5) is 5.69 Å².